The predicted octanol–water partition coefficient (Wildman–Crippen LogP) is 4.08. The van der Waals surface area contributed by atoms with Gasteiger partial charge in [-0.15, -0.1) is 11.3 Å². The van der Waals surface area contributed by atoms with E-state index in [9.17, 15) is 0 Å². The Balaban J connectivity index is 2.03. The van der Waals surface area contributed by atoms with Gasteiger partial charge in [0, 0.05) is 11.6 Å². The van der Waals surface area contributed by atoms with Crippen LogP contribution in [0.3, 0.4) is 0 Å². The van der Waals surface area contributed by atoms with Gasteiger partial charge in [-0.1, -0.05) is 23.4 Å². The number of hydrogen-bond acceptors (Lipinski definition) is 4. The van der Waals surface area contributed by atoms with Crippen molar-refractivity contribution < 1.29 is 9.26 Å². The topological polar surface area (TPSA) is 35.3 Å². The summed E-state index contributed by atoms with van der Waals surface area (Å²) in [6.07, 6.45) is 0. The molecule has 0 amide bonds. The van der Waals surface area contributed by atoms with Gasteiger partial charge >= 0.3 is 0 Å². The van der Waals surface area contributed by atoms with Gasteiger partial charge in [-0.05, 0) is 23.6 Å². The number of thiophene rings is 1. The molecular weight excluding hydrogens is 246 g/mol. The van der Waals surface area contributed by atoms with Crippen molar-refractivity contribution in [1.29, 1.82) is 0 Å². The smallest absolute Gasteiger partial charge is 0.177 e. The lowest BCUT2D eigenvalue weighted by Gasteiger charge is -2.03. The van der Waals surface area contributed by atoms with Crippen molar-refractivity contribution in [2.75, 3.05) is 7.11 Å². The molecule has 0 aliphatic heterocycles. The SMILES string of the molecule is COc1ccccc1-c1cc(-c2cccs2)on1. The number of para-hydroxylation sites is 1. The minimum atomic E-state index is 0.783. The molecular formula is C14H11NO2S. The Kier molecular flexibility index (Phi) is 2.86. The average molecular weight is 257 g/mol. The molecule has 0 N–H and O–H groups in total. The normalized spacial score (nSPS) is 10.5. The molecule has 0 saturated carbocycles. The third-order valence-electron chi connectivity index (χ3n) is 2.66. The molecule has 0 saturated heterocycles. The maximum Gasteiger partial charge on any atom is 0.177 e. The monoisotopic (exact) mass is 257 g/mol. The number of hydrogen-bond donors (Lipinski definition) is 0. The summed E-state index contributed by atoms with van der Waals surface area (Å²) in [5.74, 6) is 1.58. The molecule has 0 atom stereocenters. The van der Waals surface area contributed by atoms with Gasteiger partial charge in [0.15, 0.2) is 5.76 Å². The third-order valence-corrected chi connectivity index (χ3v) is 3.54. The average Bonchev–Trinajstić information content (AvgIpc) is 3.09. The van der Waals surface area contributed by atoms with E-state index in [1.54, 1.807) is 18.4 Å². The first-order valence-corrected chi connectivity index (χ1v) is 6.40. The molecule has 4 heteroatoms. The highest BCUT2D eigenvalue weighted by atomic mass is 32.1. The van der Waals surface area contributed by atoms with Gasteiger partial charge in [0.1, 0.15) is 11.4 Å². The van der Waals surface area contributed by atoms with E-state index in [2.05, 4.69) is 5.16 Å². The number of methoxy groups -OCH3 is 1. The molecule has 0 aliphatic carbocycles. The summed E-state index contributed by atoms with van der Waals surface area (Å²) in [4.78, 5) is 1.07. The lowest BCUT2D eigenvalue weighted by atomic mass is 10.1. The molecule has 0 spiro atoms. The summed E-state index contributed by atoms with van der Waals surface area (Å²) < 4.78 is 10.7. The molecule has 1 aromatic carbocycles. The lowest BCUT2D eigenvalue weighted by molar-refractivity contribution is 0.413. The number of rotatable bonds is 3. The van der Waals surface area contributed by atoms with Gasteiger partial charge in [0.2, 0.25) is 0 Å². The summed E-state index contributed by atoms with van der Waals surface area (Å²) in [7, 11) is 1.65. The van der Waals surface area contributed by atoms with Crippen LogP contribution in [0, 0.1) is 0 Å². The fraction of sp³-hybridized carbons (Fsp3) is 0.0714. The van der Waals surface area contributed by atoms with Crippen LogP contribution < -0.4 is 4.74 Å². The van der Waals surface area contributed by atoms with Crippen LogP contribution in [0.15, 0.2) is 52.4 Å². The zero-order valence-corrected chi connectivity index (χ0v) is 10.6. The van der Waals surface area contributed by atoms with Gasteiger partial charge in [-0.2, -0.15) is 0 Å². The Morgan fingerprint density at radius 2 is 2.06 bits per heavy atom. The largest absolute Gasteiger partial charge is 0.496 e. The van der Waals surface area contributed by atoms with Crippen molar-refractivity contribution in [3.05, 3.63) is 47.8 Å². The highest BCUT2D eigenvalue weighted by Gasteiger charge is 2.12. The van der Waals surface area contributed by atoms with Crippen molar-refractivity contribution in [2.24, 2.45) is 0 Å². The minimum absolute atomic E-state index is 0.783. The van der Waals surface area contributed by atoms with Crippen LogP contribution in [0.25, 0.3) is 21.9 Å². The van der Waals surface area contributed by atoms with E-state index in [0.717, 1.165) is 27.6 Å². The lowest BCUT2D eigenvalue weighted by Crippen LogP contribution is -1.86. The van der Waals surface area contributed by atoms with E-state index in [-0.39, 0.29) is 0 Å². The van der Waals surface area contributed by atoms with Gasteiger partial charge in [0.25, 0.3) is 0 Å². The maximum atomic E-state index is 5.37. The number of nitrogens with zero attached hydrogens (tertiary/aromatic N) is 1. The first-order chi connectivity index (χ1) is 8.88. The summed E-state index contributed by atoms with van der Waals surface area (Å²) in [5, 5.41) is 6.12. The molecule has 3 nitrogen and oxygen atoms in total. The van der Waals surface area contributed by atoms with Crippen molar-refractivity contribution in [3.8, 4) is 27.6 Å². The molecule has 2 aromatic heterocycles. The highest BCUT2D eigenvalue weighted by molar-refractivity contribution is 7.13. The van der Waals surface area contributed by atoms with E-state index < -0.39 is 0 Å². The molecule has 90 valence electrons. The second-order valence-corrected chi connectivity index (χ2v) is 4.70. The quantitative estimate of drug-likeness (QED) is 0.709. The molecule has 0 unspecified atom stereocenters. The molecule has 0 bridgehead atoms. The summed E-state index contributed by atoms with van der Waals surface area (Å²) in [6.45, 7) is 0. The summed E-state index contributed by atoms with van der Waals surface area (Å²) in [6, 6.07) is 13.7. The van der Waals surface area contributed by atoms with Crippen LogP contribution in [0.5, 0.6) is 5.75 Å². The zero-order valence-electron chi connectivity index (χ0n) is 9.79. The Morgan fingerprint density at radius 1 is 1.17 bits per heavy atom. The second kappa shape index (κ2) is 4.66. The van der Waals surface area contributed by atoms with E-state index in [0.29, 0.717) is 0 Å². The van der Waals surface area contributed by atoms with Crippen LogP contribution in [-0.4, -0.2) is 12.3 Å². The zero-order chi connectivity index (χ0) is 12.4. The number of ether oxygens (including phenoxy) is 1. The molecule has 2 heterocycles. The molecule has 3 aromatic rings. The third kappa shape index (κ3) is 1.91. The Bertz CT molecular complexity index is 643. The second-order valence-electron chi connectivity index (χ2n) is 3.75. The van der Waals surface area contributed by atoms with Crippen molar-refractivity contribution in [2.45, 2.75) is 0 Å². The van der Waals surface area contributed by atoms with Crippen LogP contribution in [0.4, 0.5) is 0 Å². The van der Waals surface area contributed by atoms with Crippen LogP contribution in [0.2, 0.25) is 0 Å². The number of aromatic nitrogens is 1. The van der Waals surface area contributed by atoms with Gasteiger partial charge < -0.3 is 9.26 Å². The molecule has 0 radical (unpaired) electrons. The van der Waals surface area contributed by atoms with E-state index >= 15 is 0 Å². The molecule has 18 heavy (non-hydrogen) atoms. The number of benzene rings is 1. The first-order valence-electron chi connectivity index (χ1n) is 5.52. The van der Waals surface area contributed by atoms with Crippen LogP contribution >= 0.6 is 11.3 Å². The van der Waals surface area contributed by atoms with Gasteiger partial charge in [-0.3, -0.25) is 0 Å². The van der Waals surface area contributed by atoms with E-state index in [4.69, 9.17) is 9.26 Å². The molecule has 0 fully saturated rings. The Labute approximate surface area is 109 Å². The highest BCUT2D eigenvalue weighted by Crippen LogP contribution is 2.33. The standard InChI is InChI=1S/C14H11NO2S/c1-16-12-6-3-2-5-10(12)11-9-13(17-15-11)14-7-4-8-18-14/h2-9H,1H3. The summed E-state index contributed by atoms with van der Waals surface area (Å²) >= 11 is 1.63. The fourth-order valence-electron chi connectivity index (χ4n) is 1.79. The van der Waals surface area contributed by atoms with Crippen molar-refractivity contribution in [3.63, 3.8) is 0 Å². The predicted molar refractivity (Wildman–Crippen MR) is 71.8 cm³/mol. The molecule has 3 rings (SSSR count). The summed E-state index contributed by atoms with van der Waals surface area (Å²) in [5.41, 5.74) is 1.72. The van der Waals surface area contributed by atoms with E-state index in [1.165, 1.54) is 0 Å². The van der Waals surface area contributed by atoms with Gasteiger partial charge in [-0.25, -0.2) is 0 Å². The van der Waals surface area contributed by atoms with Crippen molar-refractivity contribution in [1.82, 2.24) is 5.16 Å². The Hall–Kier alpha value is -2.07. The maximum absolute atomic E-state index is 5.37. The molecule has 0 aliphatic rings. The van der Waals surface area contributed by atoms with Crippen molar-refractivity contribution >= 4 is 11.3 Å². The van der Waals surface area contributed by atoms with Crippen LogP contribution in [-0.2, 0) is 0 Å². The minimum Gasteiger partial charge on any atom is -0.496 e. The van der Waals surface area contributed by atoms with E-state index in [1.807, 2.05) is 47.8 Å². The van der Waals surface area contributed by atoms with Crippen LogP contribution in [0.1, 0.15) is 0 Å². The Morgan fingerprint density at radius 3 is 2.83 bits per heavy atom. The fourth-order valence-corrected chi connectivity index (χ4v) is 2.47. The van der Waals surface area contributed by atoms with Gasteiger partial charge in [0.05, 0.1) is 12.0 Å². The first kappa shape index (κ1) is 11.0.